The van der Waals surface area contributed by atoms with Gasteiger partial charge in [-0.3, -0.25) is 0 Å². The van der Waals surface area contributed by atoms with Crippen molar-refractivity contribution in [2.45, 2.75) is 0 Å². The number of fused-ring (bicyclic) bond motifs is 4. The van der Waals surface area contributed by atoms with Crippen molar-refractivity contribution < 1.29 is 0 Å². The fourth-order valence-electron chi connectivity index (χ4n) is 9.09. The van der Waals surface area contributed by atoms with Crippen molar-refractivity contribution in [2.75, 3.05) is 4.90 Å². The largest absolute Gasteiger partial charge is 0.310 e. The van der Waals surface area contributed by atoms with Gasteiger partial charge in [0.2, 0.25) is 0 Å². The van der Waals surface area contributed by atoms with E-state index in [0.29, 0.717) is 0 Å². The molecule has 0 aromatic heterocycles. The van der Waals surface area contributed by atoms with Gasteiger partial charge in [0.15, 0.2) is 0 Å². The topological polar surface area (TPSA) is 3.24 Å². The van der Waals surface area contributed by atoms with Crippen molar-refractivity contribution >= 4 is 49.4 Å². The number of anilines is 3. The fourth-order valence-corrected chi connectivity index (χ4v) is 9.09. The Morgan fingerprint density at radius 1 is 0.213 bits per heavy atom. The lowest BCUT2D eigenvalue weighted by molar-refractivity contribution is 1.28. The van der Waals surface area contributed by atoms with Crippen LogP contribution in [0, 0.1) is 0 Å². The van der Waals surface area contributed by atoms with Gasteiger partial charge in [-0.1, -0.05) is 188 Å². The van der Waals surface area contributed by atoms with E-state index < -0.39 is 0 Å². The molecule has 11 aromatic rings. The SMILES string of the molecule is c1ccc(-c2cc(-c3ccc4ccccc4c3)cc(-c3ccccc3)c2-c2cccc(N(c3ccccc3)c3ccc(-c4cc5ccccc5c5ccccc45)cc3)c2)cc1. The number of hydrogen-bond acceptors (Lipinski definition) is 1. The minimum atomic E-state index is 1.09. The summed E-state index contributed by atoms with van der Waals surface area (Å²) in [5.41, 5.74) is 15.2. The molecule has 0 spiro atoms. The predicted molar refractivity (Wildman–Crippen MR) is 261 cm³/mol. The van der Waals surface area contributed by atoms with Gasteiger partial charge in [0, 0.05) is 17.1 Å². The molecule has 11 rings (SSSR count). The van der Waals surface area contributed by atoms with Crippen LogP contribution in [0.4, 0.5) is 17.1 Å². The smallest absolute Gasteiger partial charge is 0.0467 e. The van der Waals surface area contributed by atoms with Gasteiger partial charge in [-0.15, -0.1) is 0 Å². The Labute approximate surface area is 357 Å². The minimum absolute atomic E-state index is 1.09. The van der Waals surface area contributed by atoms with E-state index in [9.17, 15) is 0 Å². The van der Waals surface area contributed by atoms with Crippen molar-refractivity contribution in [1.82, 2.24) is 0 Å². The van der Waals surface area contributed by atoms with Crippen LogP contribution in [0.3, 0.4) is 0 Å². The molecule has 0 bridgehead atoms. The second-order valence-electron chi connectivity index (χ2n) is 15.7. The minimum Gasteiger partial charge on any atom is -0.310 e. The van der Waals surface area contributed by atoms with E-state index in [1.54, 1.807) is 0 Å². The number of rotatable bonds is 8. The first-order chi connectivity index (χ1) is 30.2. The highest BCUT2D eigenvalue weighted by atomic mass is 15.1. The second-order valence-corrected chi connectivity index (χ2v) is 15.7. The fraction of sp³-hybridized carbons (Fsp3) is 0. The summed E-state index contributed by atoms with van der Waals surface area (Å²) < 4.78 is 0. The van der Waals surface area contributed by atoms with Crippen LogP contribution in [-0.2, 0) is 0 Å². The molecule has 0 saturated carbocycles. The van der Waals surface area contributed by atoms with Crippen LogP contribution in [0.1, 0.15) is 0 Å². The molecule has 1 nitrogen and oxygen atoms in total. The Kier molecular flexibility index (Phi) is 9.26. The van der Waals surface area contributed by atoms with E-state index in [4.69, 9.17) is 0 Å². The first kappa shape index (κ1) is 36.1. The predicted octanol–water partition coefficient (Wildman–Crippen LogP) is 17.0. The van der Waals surface area contributed by atoms with E-state index >= 15 is 0 Å². The first-order valence-electron chi connectivity index (χ1n) is 21.0. The normalized spacial score (nSPS) is 11.3. The van der Waals surface area contributed by atoms with Gasteiger partial charge in [-0.25, -0.2) is 0 Å². The molecule has 0 saturated heterocycles. The molecule has 0 aliphatic heterocycles. The van der Waals surface area contributed by atoms with Crippen LogP contribution in [0.2, 0.25) is 0 Å². The van der Waals surface area contributed by atoms with Gasteiger partial charge < -0.3 is 4.90 Å². The van der Waals surface area contributed by atoms with Crippen molar-refractivity contribution in [2.24, 2.45) is 0 Å². The van der Waals surface area contributed by atoms with Gasteiger partial charge in [0.05, 0.1) is 0 Å². The standard InChI is InChI=1S/C60H41N/c1-4-18-43(19-5-1)58-40-50(47-32-31-42-17-10-11-22-46(42)37-47)41-59(44-20-6-2-7-21-44)60(58)49-24-16-27-53(38-49)61(51-25-8-3-9-26-51)52-35-33-45(34-36-52)57-39-48-23-12-13-28-54(48)55-29-14-15-30-56(55)57/h1-41H. The zero-order valence-electron chi connectivity index (χ0n) is 33.6. The van der Waals surface area contributed by atoms with Crippen LogP contribution in [0.5, 0.6) is 0 Å². The maximum atomic E-state index is 2.39. The Balaban J connectivity index is 1.08. The molecular weight excluding hydrogens is 735 g/mol. The Hall–Kier alpha value is -8.00. The highest BCUT2D eigenvalue weighted by molar-refractivity contribution is 6.14. The summed E-state index contributed by atoms with van der Waals surface area (Å²) >= 11 is 0. The highest BCUT2D eigenvalue weighted by Gasteiger charge is 2.20. The highest BCUT2D eigenvalue weighted by Crippen LogP contribution is 2.46. The maximum Gasteiger partial charge on any atom is 0.0467 e. The maximum absolute atomic E-state index is 2.39. The lowest BCUT2D eigenvalue weighted by Gasteiger charge is -2.27. The van der Waals surface area contributed by atoms with Crippen LogP contribution < -0.4 is 4.90 Å². The van der Waals surface area contributed by atoms with Crippen LogP contribution in [0.15, 0.2) is 249 Å². The molecular formula is C60H41N. The average Bonchev–Trinajstić information content (AvgIpc) is 3.34. The Bertz CT molecular complexity index is 3270. The molecule has 1 heteroatoms. The van der Waals surface area contributed by atoms with Gasteiger partial charge >= 0.3 is 0 Å². The molecule has 0 fully saturated rings. The first-order valence-corrected chi connectivity index (χ1v) is 21.0. The number of hydrogen-bond donors (Lipinski definition) is 0. The monoisotopic (exact) mass is 775 g/mol. The van der Waals surface area contributed by atoms with E-state index in [1.807, 2.05) is 0 Å². The molecule has 0 unspecified atom stereocenters. The summed E-state index contributed by atoms with van der Waals surface area (Å²) in [6.45, 7) is 0. The van der Waals surface area contributed by atoms with Gasteiger partial charge in [0.1, 0.15) is 0 Å². The zero-order valence-corrected chi connectivity index (χ0v) is 33.6. The molecule has 0 atom stereocenters. The molecule has 61 heavy (non-hydrogen) atoms. The van der Waals surface area contributed by atoms with E-state index in [-0.39, 0.29) is 0 Å². The third-order valence-electron chi connectivity index (χ3n) is 12.0. The van der Waals surface area contributed by atoms with Crippen LogP contribution in [0.25, 0.3) is 88.0 Å². The molecule has 0 aliphatic rings. The van der Waals surface area contributed by atoms with Crippen molar-refractivity contribution in [3.63, 3.8) is 0 Å². The van der Waals surface area contributed by atoms with Crippen LogP contribution in [-0.4, -0.2) is 0 Å². The summed E-state index contributed by atoms with van der Waals surface area (Å²) in [5.74, 6) is 0. The summed E-state index contributed by atoms with van der Waals surface area (Å²) in [7, 11) is 0. The van der Waals surface area contributed by atoms with E-state index in [1.165, 1.54) is 82.4 Å². The third kappa shape index (κ3) is 6.83. The zero-order chi connectivity index (χ0) is 40.5. The van der Waals surface area contributed by atoms with Crippen molar-refractivity contribution in [1.29, 1.82) is 0 Å². The second kappa shape index (κ2) is 15.6. The summed E-state index contributed by atoms with van der Waals surface area (Å²) in [5, 5.41) is 7.54. The average molecular weight is 776 g/mol. The van der Waals surface area contributed by atoms with Gasteiger partial charge in [-0.2, -0.15) is 0 Å². The number of benzene rings is 11. The molecule has 0 N–H and O–H groups in total. The van der Waals surface area contributed by atoms with E-state index in [0.717, 1.165) is 22.6 Å². The lowest BCUT2D eigenvalue weighted by Crippen LogP contribution is -2.10. The molecule has 0 aliphatic carbocycles. The van der Waals surface area contributed by atoms with Gasteiger partial charge in [-0.05, 0) is 149 Å². The third-order valence-corrected chi connectivity index (χ3v) is 12.0. The molecule has 0 radical (unpaired) electrons. The van der Waals surface area contributed by atoms with Gasteiger partial charge in [0.25, 0.3) is 0 Å². The summed E-state index contributed by atoms with van der Waals surface area (Å²) in [6.07, 6.45) is 0. The van der Waals surface area contributed by atoms with E-state index in [2.05, 4.69) is 254 Å². The molecule has 0 heterocycles. The van der Waals surface area contributed by atoms with Crippen LogP contribution >= 0.6 is 0 Å². The molecule has 286 valence electrons. The lowest BCUT2D eigenvalue weighted by atomic mass is 9.84. The van der Waals surface area contributed by atoms with Crippen molar-refractivity contribution in [3.05, 3.63) is 249 Å². The molecule has 11 aromatic carbocycles. The van der Waals surface area contributed by atoms with Crippen molar-refractivity contribution in [3.8, 4) is 55.6 Å². The molecule has 0 amide bonds. The quantitative estimate of drug-likeness (QED) is 0.139. The number of para-hydroxylation sites is 1. The number of nitrogens with zero attached hydrogens (tertiary/aromatic N) is 1. The Morgan fingerprint density at radius 2 is 0.705 bits per heavy atom. The summed E-state index contributed by atoms with van der Waals surface area (Å²) in [6, 6.07) is 90.5. The Morgan fingerprint density at radius 3 is 1.39 bits per heavy atom. The summed E-state index contributed by atoms with van der Waals surface area (Å²) in [4.78, 5) is 2.37.